The SMILES string of the molecule is [B]c1ccc2c(c1CNc1ncc(-c3ccc(C)nc3C)c3c(I)ncn13)CCO2. The summed E-state index contributed by atoms with van der Waals surface area (Å²) in [6.07, 6.45) is 4.57. The van der Waals surface area contributed by atoms with Crippen LogP contribution >= 0.6 is 22.6 Å². The molecule has 30 heavy (non-hydrogen) atoms. The Kier molecular flexibility index (Phi) is 4.89. The number of hydrogen-bond acceptors (Lipinski definition) is 5. The molecule has 5 rings (SSSR count). The molecular formula is C22H19BIN5O. The second kappa shape index (κ2) is 7.57. The number of aromatic nitrogens is 4. The molecule has 4 aromatic rings. The molecule has 0 spiro atoms. The van der Waals surface area contributed by atoms with Crippen LogP contribution in [0.4, 0.5) is 5.95 Å². The van der Waals surface area contributed by atoms with Crippen LogP contribution in [0.2, 0.25) is 0 Å². The summed E-state index contributed by atoms with van der Waals surface area (Å²) in [4.78, 5) is 13.8. The smallest absolute Gasteiger partial charge is 0.209 e. The predicted molar refractivity (Wildman–Crippen MR) is 127 cm³/mol. The van der Waals surface area contributed by atoms with Crippen LogP contribution in [-0.4, -0.2) is 33.8 Å². The van der Waals surface area contributed by atoms with Gasteiger partial charge in [-0.1, -0.05) is 17.6 Å². The molecule has 0 atom stereocenters. The van der Waals surface area contributed by atoms with E-state index in [1.807, 2.05) is 42.6 Å². The third-order valence-electron chi connectivity index (χ3n) is 5.49. The fourth-order valence-electron chi connectivity index (χ4n) is 4.01. The van der Waals surface area contributed by atoms with Crippen LogP contribution in [0.15, 0.2) is 36.8 Å². The van der Waals surface area contributed by atoms with Crippen molar-refractivity contribution < 1.29 is 4.74 Å². The highest BCUT2D eigenvalue weighted by molar-refractivity contribution is 14.1. The maximum absolute atomic E-state index is 6.26. The van der Waals surface area contributed by atoms with E-state index in [-0.39, 0.29) is 0 Å². The van der Waals surface area contributed by atoms with Crippen LogP contribution < -0.4 is 15.5 Å². The second-order valence-electron chi connectivity index (χ2n) is 7.40. The Labute approximate surface area is 189 Å². The molecule has 3 aromatic heterocycles. The van der Waals surface area contributed by atoms with E-state index in [4.69, 9.17) is 17.6 Å². The summed E-state index contributed by atoms with van der Waals surface area (Å²) in [6.45, 7) is 5.29. The Morgan fingerprint density at radius 2 is 2.03 bits per heavy atom. The Morgan fingerprint density at radius 3 is 2.87 bits per heavy atom. The second-order valence-corrected chi connectivity index (χ2v) is 8.42. The van der Waals surface area contributed by atoms with Gasteiger partial charge in [0.05, 0.1) is 12.1 Å². The molecule has 0 unspecified atom stereocenters. The summed E-state index contributed by atoms with van der Waals surface area (Å²) in [5.74, 6) is 1.65. The van der Waals surface area contributed by atoms with Crippen molar-refractivity contribution in [2.75, 3.05) is 11.9 Å². The molecule has 1 aliphatic heterocycles. The van der Waals surface area contributed by atoms with E-state index in [0.717, 1.165) is 60.9 Å². The highest BCUT2D eigenvalue weighted by Gasteiger charge is 2.19. The topological polar surface area (TPSA) is 64.3 Å². The largest absolute Gasteiger partial charge is 0.493 e. The third kappa shape index (κ3) is 3.23. The van der Waals surface area contributed by atoms with E-state index in [0.29, 0.717) is 13.2 Å². The summed E-state index contributed by atoms with van der Waals surface area (Å²) in [5, 5.41) is 3.45. The number of pyridine rings is 1. The van der Waals surface area contributed by atoms with Crippen molar-refractivity contribution in [2.24, 2.45) is 0 Å². The molecule has 1 aromatic carbocycles. The molecule has 1 aliphatic rings. The number of ether oxygens (including phenoxy) is 1. The quantitative estimate of drug-likeness (QED) is 0.339. The van der Waals surface area contributed by atoms with E-state index in [1.165, 1.54) is 5.56 Å². The van der Waals surface area contributed by atoms with Crippen molar-refractivity contribution in [3.8, 4) is 16.9 Å². The minimum absolute atomic E-state index is 0.569. The minimum Gasteiger partial charge on any atom is -0.493 e. The number of benzene rings is 1. The van der Waals surface area contributed by atoms with Gasteiger partial charge in [-0.25, -0.2) is 9.97 Å². The van der Waals surface area contributed by atoms with Crippen LogP contribution in [-0.2, 0) is 13.0 Å². The van der Waals surface area contributed by atoms with Crippen LogP contribution in [0, 0.1) is 17.5 Å². The van der Waals surface area contributed by atoms with E-state index < -0.39 is 0 Å². The van der Waals surface area contributed by atoms with Gasteiger partial charge in [-0.15, -0.1) is 0 Å². The molecule has 148 valence electrons. The van der Waals surface area contributed by atoms with Crippen molar-refractivity contribution in [3.05, 3.63) is 63.0 Å². The summed E-state index contributed by atoms with van der Waals surface area (Å²) in [6, 6.07) is 7.97. The molecular weight excluding hydrogens is 488 g/mol. The molecule has 1 N–H and O–H groups in total. The highest BCUT2D eigenvalue weighted by Crippen LogP contribution is 2.31. The van der Waals surface area contributed by atoms with Gasteiger partial charge in [-0.3, -0.25) is 9.38 Å². The lowest BCUT2D eigenvalue weighted by Gasteiger charge is -2.15. The zero-order chi connectivity index (χ0) is 20.8. The van der Waals surface area contributed by atoms with E-state index >= 15 is 0 Å². The summed E-state index contributed by atoms with van der Waals surface area (Å²) < 4.78 is 8.59. The molecule has 6 nitrogen and oxygen atoms in total. The predicted octanol–water partition coefficient (Wildman–Crippen LogP) is 3.35. The lowest BCUT2D eigenvalue weighted by Crippen LogP contribution is -2.17. The van der Waals surface area contributed by atoms with Gasteiger partial charge in [0.25, 0.3) is 0 Å². The Morgan fingerprint density at radius 1 is 1.17 bits per heavy atom. The molecule has 0 amide bonds. The molecule has 0 fully saturated rings. The van der Waals surface area contributed by atoms with Crippen molar-refractivity contribution in [1.29, 1.82) is 0 Å². The Bertz CT molecular complexity index is 1290. The molecule has 8 heteroatoms. The van der Waals surface area contributed by atoms with Gasteiger partial charge < -0.3 is 10.1 Å². The van der Waals surface area contributed by atoms with E-state index in [2.05, 4.69) is 43.9 Å². The van der Waals surface area contributed by atoms with E-state index in [9.17, 15) is 0 Å². The zero-order valence-corrected chi connectivity index (χ0v) is 18.9. The lowest BCUT2D eigenvalue weighted by atomic mass is 9.87. The molecule has 0 aliphatic carbocycles. The van der Waals surface area contributed by atoms with Crippen LogP contribution in [0.3, 0.4) is 0 Å². The van der Waals surface area contributed by atoms with Crippen molar-refractivity contribution in [2.45, 2.75) is 26.8 Å². The number of hydrogen-bond donors (Lipinski definition) is 1. The number of rotatable bonds is 4. The number of nitrogens with zero attached hydrogens (tertiary/aromatic N) is 4. The first-order chi connectivity index (χ1) is 14.5. The number of aryl methyl sites for hydroxylation is 2. The fraction of sp³-hybridized carbons (Fsp3) is 0.227. The summed E-state index contributed by atoms with van der Waals surface area (Å²) in [7, 11) is 6.26. The van der Waals surface area contributed by atoms with Crippen molar-refractivity contribution in [3.63, 3.8) is 0 Å². The molecule has 4 heterocycles. The fourth-order valence-corrected chi connectivity index (χ4v) is 4.69. The maximum atomic E-state index is 6.26. The Balaban J connectivity index is 1.54. The standard InChI is InChI=1S/C22H19BIN5O/c1-12-3-4-14(13(2)28-12)17-10-26-22(29-11-27-21(24)20(17)29)25-9-16-15-7-8-30-19(15)6-5-18(16)23/h3-6,10-11H,7-9H2,1-2H3,(H,25,26). The van der Waals surface area contributed by atoms with Gasteiger partial charge in [0.15, 0.2) is 0 Å². The van der Waals surface area contributed by atoms with E-state index in [1.54, 1.807) is 6.33 Å². The maximum Gasteiger partial charge on any atom is 0.209 e. The minimum atomic E-state index is 0.569. The van der Waals surface area contributed by atoms with Gasteiger partial charge >= 0.3 is 0 Å². The summed E-state index contributed by atoms with van der Waals surface area (Å²) in [5.41, 5.74) is 8.07. The van der Waals surface area contributed by atoms with Crippen LogP contribution in [0.5, 0.6) is 5.75 Å². The van der Waals surface area contributed by atoms with Gasteiger partial charge in [0.1, 0.15) is 23.6 Å². The van der Waals surface area contributed by atoms with Crippen molar-refractivity contribution in [1.82, 2.24) is 19.4 Å². The number of anilines is 1. The van der Waals surface area contributed by atoms with Gasteiger partial charge in [-0.05, 0) is 54.1 Å². The third-order valence-corrected chi connectivity index (χ3v) is 6.28. The average Bonchev–Trinajstić information content (AvgIpc) is 3.35. The normalized spacial score (nSPS) is 12.8. The molecule has 0 saturated heterocycles. The first-order valence-electron chi connectivity index (χ1n) is 9.76. The summed E-state index contributed by atoms with van der Waals surface area (Å²) >= 11 is 2.27. The number of fused-ring (bicyclic) bond motifs is 2. The number of imidazole rings is 1. The monoisotopic (exact) mass is 507 g/mol. The molecule has 0 bridgehead atoms. The number of nitrogens with one attached hydrogen (secondary N) is 1. The Hall–Kier alpha value is -2.62. The number of halogens is 1. The van der Waals surface area contributed by atoms with Gasteiger partial charge in [0, 0.05) is 47.2 Å². The van der Waals surface area contributed by atoms with Crippen LogP contribution in [0.25, 0.3) is 16.6 Å². The average molecular weight is 507 g/mol. The van der Waals surface area contributed by atoms with Crippen molar-refractivity contribution >= 4 is 47.4 Å². The highest BCUT2D eigenvalue weighted by atomic mass is 127. The first-order valence-corrected chi connectivity index (χ1v) is 10.8. The van der Waals surface area contributed by atoms with Crippen LogP contribution in [0.1, 0.15) is 22.5 Å². The zero-order valence-electron chi connectivity index (χ0n) is 16.7. The van der Waals surface area contributed by atoms with Gasteiger partial charge in [0.2, 0.25) is 5.95 Å². The molecule has 0 saturated carbocycles. The lowest BCUT2D eigenvalue weighted by molar-refractivity contribution is 0.357. The molecule has 2 radical (unpaired) electrons. The van der Waals surface area contributed by atoms with Gasteiger partial charge in [-0.2, -0.15) is 0 Å². The first kappa shape index (κ1) is 19.4.